The van der Waals surface area contributed by atoms with Gasteiger partial charge in [-0.15, -0.1) is 12.6 Å². The zero-order chi connectivity index (χ0) is 10.3. The number of nitrogens with zero attached hydrogens (tertiary/aromatic N) is 1. The van der Waals surface area contributed by atoms with Gasteiger partial charge < -0.3 is 4.98 Å². The lowest BCUT2D eigenvalue weighted by Crippen LogP contribution is -1.98. The van der Waals surface area contributed by atoms with Gasteiger partial charge in [-0.3, -0.25) is 4.55 Å². The van der Waals surface area contributed by atoms with Crippen LogP contribution in [0.15, 0.2) is 28.3 Å². The quantitative estimate of drug-likeness (QED) is 0.506. The van der Waals surface area contributed by atoms with Crippen LogP contribution in [0.25, 0.3) is 11.0 Å². The number of aromatic nitrogens is 2. The largest absolute Gasteiger partial charge is 0.332 e. The van der Waals surface area contributed by atoms with E-state index >= 15 is 0 Å². The number of imidazole rings is 1. The molecule has 5 nitrogen and oxygen atoms in total. The normalized spacial score (nSPS) is 12.1. The van der Waals surface area contributed by atoms with Gasteiger partial charge in [-0.1, -0.05) is 6.07 Å². The zero-order valence-electron chi connectivity index (χ0n) is 6.80. The van der Waals surface area contributed by atoms with E-state index in [4.69, 9.17) is 4.55 Å². The minimum Gasteiger partial charge on any atom is -0.332 e. The van der Waals surface area contributed by atoms with Gasteiger partial charge in [0.2, 0.25) is 0 Å². The van der Waals surface area contributed by atoms with Gasteiger partial charge in [0.1, 0.15) is 4.90 Å². The maximum Gasteiger partial charge on any atom is 0.296 e. The van der Waals surface area contributed by atoms with Crippen molar-refractivity contribution in [1.82, 2.24) is 9.97 Å². The molecule has 0 saturated carbocycles. The van der Waals surface area contributed by atoms with Crippen LogP contribution in [0.3, 0.4) is 0 Å². The van der Waals surface area contributed by atoms with Crippen LogP contribution in [0.1, 0.15) is 0 Å². The van der Waals surface area contributed by atoms with Gasteiger partial charge in [-0.25, -0.2) is 4.98 Å². The maximum absolute atomic E-state index is 10.9. The van der Waals surface area contributed by atoms with Crippen LogP contribution in [-0.4, -0.2) is 22.9 Å². The summed E-state index contributed by atoms with van der Waals surface area (Å²) in [5.41, 5.74) is 0.713. The first-order chi connectivity index (χ1) is 6.48. The number of H-pyrrole nitrogens is 1. The molecule has 0 spiro atoms. The summed E-state index contributed by atoms with van der Waals surface area (Å²) in [4.78, 5) is 6.38. The third kappa shape index (κ3) is 1.49. The molecule has 0 radical (unpaired) electrons. The topological polar surface area (TPSA) is 83.1 Å². The molecule has 14 heavy (non-hydrogen) atoms. The lowest BCUT2D eigenvalue weighted by Gasteiger charge is -1.96. The number of para-hydroxylation sites is 1. The molecule has 2 N–H and O–H groups in total. The summed E-state index contributed by atoms with van der Waals surface area (Å²) in [7, 11) is -4.22. The van der Waals surface area contributed by atoms with Gasteiger partial charge in [-0.2, -0.15) is 8.42 Å². The Hall–Kier alpha value is -1.05. The Labute approximate surface area is 85.3 Å². The Morgan fingerprint density at radius 1 is 1.43 bits per heavy atom. The fourth-order valence-corrected chi connectivity index (χ4v) is 2.09. The highest BCUT2D eigenvalue weighted by molar-refractivity contribution is 7.86. The standard InChI is InChI=1S/C7H6N2O3S2/c10-14(11,12)5-3-1-2-4-6(5)9-7(13)8-4/h1-3H,(H2,8,9,13)(H,10,11,12). The van der Waals surface area contributed by atoms with Gasteiger partial charge in [0.15, 0.2) is 5.16 Å². The zero-order valence-corrected chi connectivity index (χ0v) is 8.51. The van der Waals surface area contributed by atoms with Crippen molar-refractivity contribution in [3.05, 3.63) is 18.2 Å². The molecule has 0 saturated heterocycles. The molecular weight excluding hydrogens is 224 g/mol. The highest BCUT2D eigenvalue weighted by Crippen LogP contribution is 2.21. The second-order valence-corrected chi connectivity index (χ2v) is 4.50. The van der Waals surface area contributed by atoms with E-state index in [0.29, 0.717) is 10.7 Å². The lowest BCUT2D eigenvalue weighted by atomic mass is 10.3. The third-order valence-electron chi connectivity index (χ3n) is 1.75. The van der Waals surface area contributed by atoms with Crippen LogP contribution >= 0.6 is 12.6 Å². The van der Waals surface area contributed by atoms with E-state index in [1.807, 2.05) is 0 Å². The molecule has 74 valence electrons. The summed E-state index contributed by atoms with van der Waals surface area (Å²) >= 11 is 3.94. The van der Waals surface area contributed by atoms with E-state index in [2.05, 4.69) is 22.6 Å². The Kier molecular flexibility index (Phi) is 2.02. The van der Waals surface area contributed by atoms with Crippen molar-refractivity contribution in [3.63, 3.8) is 0 Å². The van der Waals surface area contributed by atoms with Crippen molar-refractivity contribution in [1.29, 1.82) is 0 Å². The van der Waals surface area contributed by atoms with Crippen molar-refractivity contribution in [3.8, 4) is 0 Å². The molecule has 2 rings (SSSR count). The Bertz CT molecular complexity index is 588. The average Bonchev–Trinajstić information content (AvgIpc) is 2.41. The Morgan fingerprint density at radius 3 is 2.79 bits per heavy atom. The molecule has 7 heteroatoms. The van der Waals surface area contributed by atoms with E-state index < -0.39 is 10.1 Å². The second-order valence-electron chi connectivity index (χ2n) is 2.69. The van der Waals surface area contributed by atoms with Crippen LogP contribution in [-0.2, 0) is 10.1 Å². The van der Waals surface area contributed by atoms with Crippen LogP contribution in [0, 0.1) is 0 Å². The third-order valence-corrected chi connectivity index (χ3v) is 2.85. The average molecular weight is 230 g/mol. The van der Waals surface area contributed by atoms with Crippen LogP contribution in [0.4, 0.5) is 0 Å². The van der Waals surface area contributed by atoms with Gasteiger partial charge in [0, 0.05) is 0 Å². The van der Waals surface area contributed by atoms with Crippen LogP contribution < -0.4 is 0 Å². The Balaban J connectivity index is 2.90. The maximum atomic E-state index is 10.9. The Morgan fingerprint density at radius 2 is 2.14 bits per heavy atom. The molecule has 0 unspecified atom stereocenters. The van der Waals surface area contributed by atoms with Gasteiger partial charge in [-0.05, 0) is 12.1 Å². The number of aromatic amines is 1. The van der Waals surface area contributed by atoms with E-state index in [9.17, 15) is 8.42 Å². The number of hydrogen-bond donors (Lipinski definition) is 3. The summed E-state index contributed by atoms with van der Waals surface area (Å²) in [5, 5.41) is 0.302. The molecule has 0 aliphatic heterocycles. The number of fused-ring (bicyclic) bond motifs is 1. The molecule has 1 heterocycles. The first-order valence-electron chi connectivity index (χ1n) is 3.63. The van der Waals surface area contributed by atoms with Crippen molar-refractivity contribution < 1.29 is 13.0 Å². The summed E-state index contributed by atoms with van der Waals surface area (Å²) in [6.07, 6.45) is 0. The number of rotatable bonds is 1. The minimum atomic E-state index is -4.22. The van der Waals surface area contributed by atoms with Gasteiger partial charge in [0.25, 0.3) is 10.1 Å². The second kappa shape index (κ2) is 2.97. The molecule has 0 aliphatic rings. The molecule has 0 atom stereocenters. The summed E-state index contributed by atoms with van der Waals surface area (Å²) in [6, 6.07) is 4.42. The van der Waals surface area contributed by atoms with Crippen molar-refractivity contribution in [2.75, 3.05) is 0 Å². The van der Waals surface area contributed by atoms with Crippen molar-refractivity contribution >= 4 is 33.8 Å². The molecule has 0 bridgehead atoms. The molecule has 0 amide bonds. The first kappa shape index (κ1) is 9.50. The van der Waals surface area contributed by atoms with E-state index in [0.717, 1.165) is 0 Å². The molecule has 2 aromatic rings. The molecule has 1 aromatic heterocycles. The minimum absolute atomic E-state index is 0.192. The highest BCUT2D eigenvalue weighted by Gasteiger charge is 2.15. The SMILES string of the molecule is O=S(=O)(O)c1cccc2nc(S)[nH]c12. The molecule has 0 aliphatic carbocycles. The fourth-order valence-electron chi connectivity index (χ4n) is 1.21. The van der Waals surface area contributed by atoms with Crippen molar-refractivity contribution in [2.45, 2.75) is 10.1 Å². The van der Waals surface area contributed by atoms with Crippen molar-refractivity contribution in [2.24, 2.45) is 0 Å². The molecule has 0 fully saturated rings. The van der Waals surface area contributed by atoms with Crippen LogP contribution in [0.2, 0.25) is 0 Å². The number of thiol groups is 1. The summed E-state index contributed by atoms with van der Waals surface area (Å²) in [5.74, 6) is 0. The lowest BCUT2D eigenvalue weighted by molar-refractivity contribution is 0.484. The number of benzene rings is 1. The molecule has 1 aromatic carbocycles. The highest BCUT2D eigenvalue weighted by atomic mass is 32.2. The van der Waals surface area contributed by atoms with E-state index in [-0.39, 0.29) is 10.4 Å². The monoisotopic (exact) mass is 230 g/mol. The van der Waals surface area contributed by atoms with E-state index in [1.54, 1.807) is 6.07 Å². The van der Waals surface area contributed by atoms with E-state index in [1.165, 1.54) is 12.1 Å². The predicted molar refractivity (Wildman–Crippen MR) is 53.2 cm³/mol. The van der Waals surface area contributed by atoms with Crippen LogP contribution in [0.5, 0.6) is 0 Å². The molecular formula is C7H6N2O3S2. The first-order valence-corrected chi connectivity index (χ1v) is 5.52. The summed E-state index contributed by atoms with van der Waals surface area (Å²) in [6.45, 7) is 0. The van der Waals surface area contributed by atoms with Gasteiger partial charge >= 0.3 is 0 Å². The predicted octanol–water partition coefficient (Wildman–Crippen LogP) is 1.10. The number of hydrogen-bond acceptors (Lipinski definition) is 4. The fraction of sp³-hybridized carbons (Fsp3) is 0. The summed E-state index contributed by atoms with van der Waals surface area (Å²) < 4.78 is 30.8. The smallest absolute Gasteiger partial charge is 0.296 e. The number of nitrogens with one attached hydrogen (secondary N) is 1. The van der Waals surface area contributed by atoms with Gasteiger partial charge in [0.05, 0.1) is 11.0 Å².